The number of aromatic nitrogens is 2. The number of nitrogens with one attached hydrogen (secondary N) is 2. The Hall–Kier alpha value is -3.64. The van der Waals surface area contributed by atoms with Crippen LogP contribution in [0, 0.1) is 0 Å². The van der Waals surface area contributed by atoms with E-state index in [-0.39, 0.29) is 12.6 Å². The Labute approximate surface area is 187 Å². The van der Waals surface area contributed by atoms with Crippen molar-refractivity contribution in [2.24, 2.45) is 5.73 Å². The zero-order valence-electron chi connectivity index (χ0n) is 18.0. The van der Waals surface area contributed by atoms with Gasteiger partial charge in [0.15, 0.2) is 0 Å². The molecule has 1 heterocycles. The molecule has 4 N–H and O–H groups in total. The van der Waals surface area contributed by atoms with Crippen molar-refractivity contribution in [1.82, 2.24) is 15.3 Å². The summed E-state index contributed by atoms with van der Waals surface area (Å²) in [5.74, 6) is 0.781. The number of nitrogens with two attached hydrogens (primary N) is 1. The molecule has 0 spiro atoms. The van der Waals surface area contributed by atoms with Crippen LogP contribution in [0.4, 0.5) is 4.79 Å². The van der Waals surface area contributed by atoms with Gasteiger partial charge in [-0.05, 0) is 41.7 Å². The van der Waals surface area contributed by atoms with Crippen molar-refractivity contribution >= 4 is 16.9 Å². The number of hydrogen-bond donors (Lipinski definition) is 3. The zero-order valence-corrected chi connectivity index (χ0v) is 18.0. The molecule has 0 bridgehead atoms. The van der Waals surface area contributed by atoms with E-state index in [0.717, 1.165) is 41.9 Å². The van der Waals surface area contributed by atoms with Gasteiger partial charge in [-0.15, -0.1) is 0 Å². The lowest BCUT2D eigenvalue weighted by atomic mass is 10.1. The van der Waals surface area contributed by atoms with Gasteiger partial charge in [0, 0.05) is 12.1 Å². The highest BCUT2D eigenvalue weighted by Gasteiger charge is 2.11. The second-order valence-electron chi connectivity index (χ2n) is 7.83. The van der Waals surface area contributed by atoms with Crippen LogP contribution in [0.2, 0.25) is 0 Å². The van der Waals surface area contributed by atoms with Gasteiger partial charge in [0.1, 0.15) is 12.4 Å². The number of amides is 1. The maximum Gasteiger partial charge on any atom is 0.407 e. The van der Waals surface area contributed by atoms with Crippen LogP contribution in [0.15, 0.2) is 79.0 Å². The summed E-state index contributed by atoms with van der Waals surface area (Å²) in [6.45, 7) is 0.830. The van der Waals surface area contributed by atoms with Crippen LogP contribution in [0.25, 0.3) is 22.0 Å². The van der Waals surface area contributed by atoms with Gasteiger partial charge in [-0.2, -0.15) is 0 Å². The molecule has 0 saturated carbocycles. The Balaban J connectivity index is 1.19. The fraction of sp³-hybridized carbons (Fsp3) is 0.231. The number of imidazole rings is 1. The van der Waals surface area contributed by atoms with Crippen LogP contribution < -0.4 is 11.1 Å². The van der Waals surface area contributed by atoms with Gasteiger partial charge in [0.2, 0.25) is 0 Å². The van der Waals surface area contributed by atoms with E-state index in [1.54, 1.807) is 0 Å². The van der Waals surface area contributed by atoms with E-state index in [2.05, 4.69) is 45.6 Å². The standard InChI is InChI=1S/C26H28N4O2/c27-23(12-6-7-15-28-26(31)32-18-19-8-2-1-3-9-19)25-29-17-24(30-25)22-14-13-20-10-4-5-11-21(20)16-22/h1-5,8-11,13-14,16-17,23H,6-7,12,15,18,27H2,(H,28,31)(H,29,30)/t23-/m0/s1. The van der Waals surface area contributed by atoms with Crippen molar-refractivity contribution in [3.63, 3.8) is 0 Å². The summed E-state index contributed by atoms with van der Waals surface area (Å²) in [5.41, 5.74) is 9.35. The number of alkyl carbamates (subject to hydrolysis) is 1. The first-order valence-corrected chi connectivity index (χ1v) is 10.9. The molecule has 3 aromatic carbocycles. The Kier molecular flexibility index (Phi) is 7.15. The predicted molar refractivity (Wildman–Crippen MR) is 127 cm³/mol. The molecular weight excluding hydrogens is 400 g/mol. The Morgan fingerprint density at radius 2 is 1.78 bits per heavy atom. The number of benzene rings is 3. The fourth-order valence-corrected chi connectivity index (χ4v) is 3.62. The first kappa shape index (κ1) is 21.6. The van der Waals surface area contributed by atoms with E-state index in [9.17, 15) is 4.79 Å². The predicted octanol–water partition coefficient (Wildman–Crippen LogP) is 5.33. The Morgan fingerprint density at radius 1 is 1.00 bits per heavy atom. The van der Waals surface area contributed by atoms with Gasteiger partial charge in [-0.3, -0.25) is 0 Å². The van der Waals surface area contributed by atoms with Crippen LogP contribution in [-0.2, 0) is 11.3 Å². The molecular formula is C26H28N4O2. The monoisotopic (exact) mass is 428 g/mol. The largest absolute Gasteiger partial charge is 0.445 e. The summed E-state index contributed by atoms with van der Waals surface area (Å²) >= 11 is 0. The van der Waals surface area contributed by atoms with E-state index < -0.39 is 6.09 Å². The lowest BCUT2D eigenvalue weighted by molar-refractivity contribution is 0.139. The summed E-state index contributed by atoms with van der Waals surface area (Å²) < 4.78 is 5.21. The number of nitrogens with zero attached hydrogens (tertiary/aromatic N) is 1. The molecule has 0 aliphatic rings. The van der Waals surface area contributed by atoms with Gasteiger partial charge >= 0.3 is 6.09 Å². The first-order valence-electron chi connectivity index (χ1n) is 10.9. The molecule has 0 unspecified atom stereocenters. The van der Waals surface area contributed by atoms with Crippen molar-refractivity contribution < 1.29 is 9.53 Å². The van der Waals surface area contributed by atoms with Crippen LogP contribution >= 0.6 is 0 Å². The van der Waals surface area contributed by atoms with Crippen LogP contribution in [0.1, 0.15) is 36.7 Å². The van der Waals surface area contributed by atoms with Crippen LogP contribution in [0.5, 0.6) is 0 Å². The van der Waals surface area contributed by atoms with E-state index in [4.69, 9.17) is 10.5 Å². The minimum absolute atomic E-state index is 0.172. The maximum atomic E-state index is 11.8. The normalized spacial score (nSPS) is 11.9. The third-order valence-electron chi connectivity index (χ3n) is 5.43. The average Bonchev–Trinajstić information content (AvgIpc) is 3.33. The minimum Gasteiger partial charge on any atom is -0.445 e. The van der Waals surface area contributed by atoms with Gasteiger partial charge < -0.3 is 20.8 Å². The molecule has 0 radical (unpaired) electrons. The quantitative estimate of drug-likeness (QED) is 0.314. The molecule has 4 aromatic rings. The molecule has 6 heteroatoms. The Bertz CT molecular complexity index is 1160. The number of H-pyrrole nitrogens is 1. The first-order chi connectivity index (χ1) is 15.7. The number of hydrogen-bond acceptors (Lipinski definition) is 4. The second-order valence-corrected chi connectivity index (χ2v) is 7.83. The number of carbonyl (C=O) groups is 1. The lowest BCUT2D eigenvalue weighted by Crippen LogP contribution is -2.25. The summed E-state index contributed by atoms with van der Waals surface area (Å²) in [5, 5.41) is 5.19. The van der Waals surface area contributed by atoms with Gasteiger partial charge in [0.25, 0.3) is 0 Å². The molecule has 1 amide bonds. The van der Waals surface area contributed by atoms with Crippen molar-refractivity contribution in [3.8, 4) is 11.3 Å². The SMILES string of the molecule is N[C@@H](CCCCNC(=O)OCc1ccccc1)c1ncc(-c2ccc3ccccc3c2)[nH]1. The molecule has 32 heavy (non-hydrogen) atoms. The Morgan fingerprint density at radius 3 is 2.62 bits per heavy atom. The van der Waals surface area contributed by atoms with E-state index in [1.807, 2.05) is 48.7 Å². The maximum absolute atomic E-state index is 11.8. The highest BCUT2D eigenvalue weighted by Crippen LogP contribution is 2.24. The molecule has 1 atom stereocenters. The third-order valence-corrected chi connectivity index (χ3v) is 5.43. The highest BCUT2D eigenvalue weighted by molar-refractivity contribution is 5.86. The molecule has 0 aliphatic carbocycles. The second kappa shape index (κ2) is 10.6. The molecule has 0 aliphatic heterocycles. The molecule has 6 nitrogen and oxygen atoms in total. The minimum atomic E-state index is -0.399. The summed E-state index contributed by atoms with van der Waals surface area (Å²) in [6.07, 6.45) is 3.93. The molecule has 4 rings (SSSR count). The molecule has 0 fully saturated rings. The number of aromatic amines is 1. The van der Waals surface area contributed by atoms with Crippen molar-refractivity contribution in [2.75, 3.05) is 6.54 Å². The smallest absolute Gasteiger partial charge is 0.407 e. The van der Waals surface area contributed by atoms with Gasteiger partial charge in [-0.25, -0.2) is 9.78 Å². The lowest BCUT2D eigenvalue weighted by Gasteiger charge is -2.10. The van der Waals surface area contributed by atoms with Crippen LogP contribution in [-0.4, -0.2) is 22.6 Å². The number of fused-ring (bicyclic) bond motifs is 1. The average molecular weight is 429 g/mol. The summed E-state index contributed by atoms with van der Waals surface area (Å²) in [4.78, 5) is 19.6. The number of ether oxygens (including phenoxy) is 1. The van der Waals surface area contributed by atoms with Crippen LogP contribution in [0.3, 0.4) is 0 Å². The third kappa shape index (κ3) is 5.74. The number of carbonyl (C=O) groups excluding carboxylic acids is 1. The number of rotatable bonds is 9. The van der Waals surface area contributed by atoms with E-state index in [1.165, 1.54) is 10.8 Å². The molecule has 164 valence electrons. The van der Waals surface area contributed by atoms with Crippen molar-refractivity contribution in [3.05, 3.63) is 90.4 Å². The topological polar surface area (TPSA) is 93.0 Å². The van der Waals surface area contributed by atoms with E-state index in [0.29, 0.717) is 6.54 Å². The fourth-order valence-electron chi connectivity index (χ4n) is 3.62. The van der Waals surface area contributed by atoms with Gasteiger partial charge in [0.05, 0.1) is 17.9 Å². The zero-order chi connectivity index (χ0) is 22.2. The molecule has 0 saturated heterocycles. The van der Waals surface area contributed by atoms with Crippen molar-refractivity contribution in [1.29, 1.82) is 0 Å². The summed E-state index contributed by atoms with van der Waals surface area (Å²) in [7, 11) is 0. The highest BCUT2D eigenvalue weighted by atomic mass is 16.5. The summed E-state index contributed by atoms with van der Waals surface area (Å²) in [6, 6.07) is 24.1. The van der Waals surface area contributed by atoms with Crippen molar-refractivity contribution in [2.45, 2.75) is 31.9 Å². The number of unbranched alkanes of at least 4 members (excludes halogenated alkanes) is 1. The van der Waals surface area contributed by atoms with E-state index >= 15 is 0 Å². The van der Waals surface area contributed by atoms with Gasteiger partial charge in [-0.1, -0.05) is 66.7 Å². The molecule has 1 aromatic heterocycles.